The molecule has 0 saturated heterocycles. The molecule has 0 unspecified atom stereocenters. The van der Waals surface area contributed by atoms with Crippen molar-refractivity contribution in [1.29, 1.82) is 0 Å². The summed E-state index contributed by atoms with van der Waals surface area (Å²) in [5.41, 5.74) is 1.19. The number of aryl methyl sites for hydroxylation is 2. The highest BCUT2D eigenvalue weighted by molar-refractivity contribution is 5.00. The van der Waals surface area contributed by atoms with Gasteiger partial charge in [0, 0.05) is 31.8 Å². The lowest BCUT2D eigenvalue weighted by Gasteiger charge is -1.96. The van der Waals surface area contributed by atoms with Gasteiger partial charge in [0.15, 0.2) is 0 Å². The third kappa shape index (κ3) is 1.38. The minimum atomic E-state index is 0.791. The molecule has 10 heavy (non-hydrogen) atoms. The van der Waals surface area contributed by atoms with E-state index in [1.807, 2.05) is 17.8 Å². The summed E-state index contributed by atoms with van der Waals surface area (Å²) in [4.78, 5) is 3.97. The first-order valence-electron chi connectivity index (χ1n) is 3.23. The quantitative estimate of drug-likeness (QED) is 0.551. The summed E-state index contributed by atoms with van der Waals surface area (Å²) >= 11 is 0. The summed E-state index contributed by atoms with van der Waals surface area (Å²) in [7, 11) is 1.97. The van der Waals surface area contributed by atoms with Crippen LogP contribution in [0.4, 0.5) is 0 Å². The number of terminal acetylenes is 1. The number of imidazole rings is 1. The van der Waals surface area contributed by atoms with Crippen molar-refractivity contribution in [2.45, 2.75) is 12.8 Å². The van der Waals surface area contributed by atoms with Crippen LogP contribution >= 0.6 is 0 Å². The number of rotatable bonds is 2. The normalized spacial score (nSPS) is 9.20. The van der Waals surface area contributed by atoms with Crippen molar-refractivity contribution in [2.24, 2.45) is 7.05 Å². The fourth-order valence-corrected chi connectivity index (χ4v) is 0.826. The van der Waals surface area contributed by atoms with E-state index in [0.717, 1.165) is 12.8 Å². The standard InChI is InChI=1S/C8H10N2/c1-3-4-5-8-6-9-7-10(8)2/h1,6-7H,4-5H2,2H3. The van der Waals surface area contributed by atoms with E-state index >= 15 is 0 Å². The topological polar surface area (TPSA) is 17.8 Å². The molecule has 1 aromatic heterocycles. The van der Waals surface area contributed by atoms with Crippen molar-refractivity contribution in [1.82, 2.24) is 9.55 Å². The molecule has 0 fully saturated rings. The number of aromatic nitrogens is 2. The summed E-state index contributed by atoms with van der Waals surface area (Å²) in [5.74, 6) is 2.59. The largest absolute Gasteiger partial charge is 0.338 e. The molecule has 0 aromatic carbocycles. The molecular weight excluding hydrogens is 124 g/mol. The second-order valence-corrected chi connectivity index (χ2v) is 2.20. The molecule has 0 aliphatic rings. The van der Waals surface area contributed by atoms with Gasteiger partial charge in [0.2, 0.25) is 0 Å². The maximum Gasteiger partial charge on any atom is 0.0945 e. The lowest BCUT2D eigenvalue weighted by Crippen LogP contribution is -1.93. The molecule has 0 bridgehead atoms. The molecule has 0 aliphatic heterocycles. The minimum Gasteiger partial charge on any atom is -0.338 e. The summed E-state index contributed by atoms with van der Waals surface area (Å²) in [5, 5.41) is 0. The van der Waals surface area contributed by atoms with Crippen LogP contribution < -0.4 is 0 Å². The lowest BCUT2D eigenvalue weighted by molar-refractivity contribution is 0.813. The monoisotopic (exact) mass is 134 g/mol. The first kappa shape index (κ1) is 6.88. The number of hydrogen-bond donors (Lipinski definition) is 0. The average Bonchev–Trinajstić information content (AvgIpc) is 2.31. The van der Waals surface area contributed by atoms with Crippen LogP contribution in [0.25, 0.3) is 0 Å². The van der Waals surface area contributed by atoms with Crippen LogP contribution in [0, 0.1) is 12.3 Å². The van der Waals surface area contributed by atoms with E-state index in [0.29, 0.717) is 0 Å². The molecule has 0 amide bonds. The van der Waals surface area contributed by atoms with E-state index in [1.165, 1.54) is 5.69 Å². The van der Waals surface area contributed by atoms with Crippen LogP contribution in [-0.4, -0.2) is 9.55 Å². The van der Waals surface area contributed by atoms with E-state index in [4.69, 9.17) is 6.42 Å². The van der Waals surface area contributed by atoms with Gasteiger partial charge in [-0.15, -0.1) is 12.3 Å². The second kappa shape index (κ2) is 3.07. The maximum atomic E-state index is 5.12. The van der Waals surface area contributed by atoms with Gasteiger partial charge in [0.25, 0.3) is 0 Å². The minimum absolute atomic E-state index is 0.791. The van der Waals surface area contributed by atoms with Crippen molar-refractivity contribution >= 4 is 0 Å². The van der Waals surface area contributed by atoms with E-state index in [9.17, 15) is 0 Å². The predicted molar refractivity (Wildman–Crippen MR) is 40.4 cm³/mol. The zero-order valence-electron chi connectivity index (χ0n) is 6.04. The summed E-state index contributed by atoms with van der Waals surface area (Å²) in [6, 6.07) is 0. The van der Waals surface area contributed by atoms with E-state index < -0.39 is 0 Å². The van der Waals surface area contributed by atoms with Crippen molar-refractivity contribution < 1.29 is 0 Å². The molecule has 0 aliphatic carbocycles. The zero-order chi connectivity index (χ0) is 7.40. The molecule has 0 saturated carbocycles. The van der Waals surface area contributed by atoms with Gasteiger partial charge in [-0.2, -0.15) is 0 Å². The van der Waals surface area contributed by atoms with E-state index in [2.05, 4.69) is 10.9 Å². The van der Waals surface area contributed by atoms with Gasteiger partial charge in [-0.1, -0.05) is 0 Å². The Morgan fingerprint density at radius 3 is 3.10 bits per heavy atom. The summed E-state index contributed by atoms with van der Waals surface area (Å²) in [6.45, 7) is 0. The zero-order valence-corrected chi connectivity index (χ0v) is 6.04. The first-order chi connectivity index (χ1) is 4.84. The van der Waals surface area contributed by atoms with E-state index in [-0.39, 0.29) is 0 Å². The fourth-order valence-electron chi connectivity index (χ4n) is 0.826. The molecule has 2 heteroatoms. The van der Waals surface area contributed by atoms with Gasteiger partial charge in [-0.3, -0.25) is 0 Å². The molecule has 2 nitrogen and oxygen atoms in total. The Hall–Kier alpha value is -1.23. The number of hydrogen-bond acceptors (Lipinski definition) is 1. The average molecular weight is 134 g/mol. The van der Waals surface area contributed by atoms with E-state index in [1.54, 1.807) is 6.33 Å². The molecule has 0 spiro atoms. The van der Waals surface area contributed by atoms with Crippen LogP contribution in [0.15, 0.2) is 12.5 Å². The molecule has 0 N–H and O–H groups in total. The molecule has 0 radical (unpaired) electrons. The molecule has 1 rings (SSSR count). The van der Waals surface area contributed by atoms with Gasteiger partial charge in [0.1, 0.15) is 0 Å². The Kier molecular flexibility index (Phi) is 2.11. The highest BCUT2D eigenvalue weighted by atomic mass is 15.0. The predicted octanol–water partition coefficient (Wildman–Crippen LogP) is 0.986. The maximum absolute atomic E-state index is 5.12. The molecule has 52 valence electrons. The molecular formula is C8H10N2. The van der Waals surface area contributed by atoms with Crippen molar-refractivity contribution in [3.63, 3.8) is 0 Å². The third-order valence-electron chi connectivity index (χ3n) is 1.44. The summed E-state index contributed by atoms with van der Waals surface area (Å²) < 4.78 is 1.98. The Morgan fingerprint density at radius 1 is 1.80 bits per heavy atom. The SMILES string of the molecule is C#CCCc1cncn1C. The Morgan fingerprint density at radius 2 is 2.60 bits per heavy atom. The van der Waals surface area contributed by atoms with Crippen LogP contribution in [0.2, 0.25) is 0 Å². The van der Waals surface area contributed by atoms with Crippen LogP contribution in [0.1, 0.15) is 12.1 Å². The van der Waals surface area contributed by atoms with Crippen molar-refractivity contribution in [3.8, 4) is 12.3 Å². The Bertz CT molecular complexity index is 242. The molecule has 1 heterocycles. The molecule has 0 atom stereocenters. The Labute approximate surface area is 60.9 Å². The van der Waals surface area contributed by atoms with Gasteiger partial charge in [0.05, 0.1) is 6.33 Å². The molecule has 1 aromatic rings. The van der Waals surface area contributed by atoms with Crippen molar-refractivity contribution in [3.05, 3.63) is 18.2 Å². The van der Waals surface area contributed by atoms with Crippen molar-refractivity contribution in [2.75, 3.05) is 0 Å². The summed E-state index contributed by atoms with van der Waals surface area (Å²) in [6.07, 6.45) is 10.5. The highest BCUT2D eigenvalue weighted by Crippen LogP contribution is 1.98. The number of nitrogens with zero attached hydrogens (tertiary/aromatic N) is 2. The van der Waals surface area contributed by atoms with Crippen LogP contribution in [0.5, 0.6) is 0 Å². The third-order valence-corrected chi connectivity index (χ3v) is 1.44. The first-order valence-corrected chi connectivity index (χ1v) is 3.23. The van der Waals surface area contributed by atoms with Crippen LogP contribution in [0.3, 0.4) is 0 Å². The smallest absolute Gasteiger partial charge is 0.0945 e. The lowest BCUT2D eigenvalue weighted by atomic mass is 10.2. The van der Waals surface area contributed by atoms with Gasteiger partial charge >= 0.3 is 0 Å². The fraction of sp³-hybridized carbons (Fsp3) is 0.375. The van der Waals surface area contributed by atoms with Gasteiger partial charge < -0.3 is 4.57 Å². The highest BCUT2D eigenvalue weighted by Gasteiger charge is 1.94. The Balaban J connectivity index is 2.59. The van der Waals surface area contributed by atoms with Crippen LogP contribution in [-0.2, 0) is 13.5 Å². The van der Waals surface area contributed by atoms with Gasteiger partial charge in [-0.25, -0.2) is 4.98 Å². The second-order valence-electron chi connectivity index (χ2n) is 2.20. The van der Waals surface area contributed by atoms with Gasteiger partial charge in [-0.05, 0) is 0 Å².